The summed E-state index contributed by atoms with van der Waals surface area (Å²) in [6.07, 6.45) is 1.10. The molecule has 0 radical (unpaired) electrons. The summed E-state index contributed by atoms with van der Waals surface area (Å²) in [6.45, 7) is 3.86. The minimum absolute atomic E-state index is 0.112. The van der Waals surface area contributed by atoms with Gasteiger partial charge in [-0.3, -0.25) is 9.69 Å². The van der Waals surface area contributed by atoms with Gasteiger partial charge in [0.25, 0.3) is 0 Å². The number of rotatable bonds is 4. The average Bonchev–Trinajstić information content (AvgIpc) is 2.77. The number of β-amino-alcohol motifs (C(OH)–C–C–N with tert-alkyl or cyclic N) is 1. The van der Waals surface area contributed by atoms with Gasteiger partial charge in [-0.05, 0) is 25.5 Å². The molecule has 0 spiro atoms. The number of benzene rings is 1. The van der Waals surface area contributed by atoms with Gasteiger partial charge in [0.2, 0.25) is 5.91 Å². The first-order valence-electron chi connectivity index (χ1n) is 6.74. The summed E-state index contributed by atoms with van der Waals surface area (Å²) in [5.41, 5.74) is 0.377. The van der Waals surface area contributed by atoms with Gasteiger partial charge in [-0.1, -0.05) is 12.1 Å². The first kappa shape index (κ1) is 14.5. The van der Waals surface area contributed by atoms with Gasteiger partial charge in [-0.2, -0.15) is 5.26 Å². The van der Waals surface area contributed by atoms with Crippen LogP contribution in [0.4, 0.5) is 5.69 Å². The number of likely N-dealkylation sites (tertiary alicyclic amines) is 1. The van der Waals surface area contributed by atoms with E-state index in [1.165, 1.54) is 0 Å². The van der Waals surface area contributed by atoms with Crippen LogP contribution < -0.4 is 5.32 Å². The zero-order chi connectivity index (χ0) is 14.6. The molecular formula is C15H19N3O2. The molecule has 106 valence electrons. The number of aliphatic hydroxyl groups is 1. The van der Waals surface area contributed by atoms with E-state index in [0.29, 0.717) is 30.8 Å². The lowest BCUT2D eigenvalue weighted by Crippen LogP contribution is -2.31. The maximum absolute atomic E-state index is 11.9. The Hall–Kier alpha value is -1.90. The molecule has 0 aliphatic carbocycles. The number of nitrogens with zero attached hydrogens (tertiary/aromatic N) is 2. The van der Waals surface area contributed by atoms with Crippen molar-refractivity contribution in [1.82, 2.24) is 4.90 Å². The first-order valence-corrected chi connectivity index (χ1v) is 6.74. The van der Waals surface area contributed by atoms with Gasteiger partial charge >= 0.3 is 0 Å². The summed E-state index contributed by atoms with van der Waals surface area (Å²) in [6, 6.07) is 8.99. The Bertz CT molecular complexity index is 534. The third-order valence-corrected chi connectivity index (χ3v) is 3.51. The molecule has 1 unspecified atom stereocenters. The van der Waals surface area contributed by atoms with Crippen LogP contribution in [0.25, 0.3) is 0 Å². The van der Waals surface area contributed by atoms with Crippen molar-refractivity contribution in [3.63, 3.8) is 0 Å². The van der Waals surface area contributed by atoms with E-state index in [2.05, 4.69) is 16.3 Å². The molecule has 1 aromatic carbocycles. The highest BCUT2D eigenvalue weighted by Crippen LogP contribution is 2.20. The van der Waals surface area contributed by atoms with E-state index < -0.39 is 5.60 Å². The number of amides is 1. The Kier molecular flexibility index (Phi) is 4.38. The second-order valence-corrected chi connectivity index (χ2v) is 5.48. The summed E-state index contributed by atoms with van der Waals surface area (Å²) >= 11 is 0. The van der Waals surface area contributed by atoms with Crippen LogP contribution in [0.3, 0.4) is 0 Å². The van der Waals surface area contributed by atoms with E-state index in [4.69, 9.17) is 5.26 Å². The Labute approximate surface area is 118 Å². The van der Waals surface area contributed by atoms with Gasteiger partial charge in [0.05, 0.1) is 16.9 Å². The number of carbonyl (C=O) groups is 1. The highest BCUT2D eigenvalue weighted by molar-refractivity contribution is 5.92. The lowest BCUT2D eigenvalue weighted by Gasteiger charge is -2.18. The number of nitrogens with one attached hydrogen (secondary N) is 1. The van der Waals surface area contributed by atoms with E-state index in [1.807, 2.05) is 6.92 Å². The topological polar surface area (TPSA) is 76.4 Å². The highest BCUT2D eigenvalue weighted by Gasteiger charge is 2.30. The zero-order valence-electron chi connectivity index (χ0n) is 11.6. The third-order valence-electron chi connectivity index (χ3n) is 3.51. The molecule has 2 rings (SSSR count). The van der Waals surface area contributed by atoms with Crippen LogP contribution in [-0.2, 0) is 4.79 Å². The molecule has 2 N–H and O–H groups in total. The second kappa shape index (κ2) is 6.04. The van der Waals surface area contributed by atoms with Crippen molar-refractivity contribution in [2.45, 2.75) is 25.4 Å². The minimum Gasteiger partial charge on any atom is -0.389 e. The lowest BCUT2D eigenvalue weighted by molar-refractivity contribution is -0.116. The van der Waals surface area contributed by atoms with Gasteiger partial charge in [0, 0.05) is 26.1 Å². The summed E-state index contributed by atoms with van der Waals surface area (Å²) in [5, 5.41) is 21.6. The normalized spacial score (nSPS) is 22.4. The molecule has 1 saturated heterocycles. The summed E-state index contributed by atoms with van der Waals surface area (Å²) in [7, 11) is 0. The fourth-order valence-electron chi connectivity index (χ4n) is 2.39. The number of hydrogen-bond donors (Lipinski definition) is 2. The monoisotopic (exact) mass is 273 g/mol. The van der Waals surface area contributed by atoms with Gasteiger partial charge in [-0.25, -0.2) is 0 Å². The lowest BCUT2D eigenvalue weighted by atomic mass is 10.1. The van der Waals surface area contributed by atoms with Crippen molar-refractivity contribution in [2.75, 3.05) is 25.0 Å². The molecule has 1 atom stereocenters. The number of carbonyl (C=O) groups excluding carboxylic acids is 1. The van der Waals surface area contributed by atoms with Gasteiger partial charge in [0.15, 0.2) is 0 Å². The van der Waals surface area contributed by atoms with E-state index in [-0.39, 0.29) is 5.91 Å². The molecular weight excluding hydrogens is 254 g/mol. The summed E-state index contributed by atoms with van der Waals surface area (Å²) in [5.74, 6) is -0.112. The fraction of sp³-hybridized carbons (Fsp3) is 0.467. The standard InChI is InChI=1S/C15H19N3O2/c1-15(20)7-9-18(11-15)8-6-14(19)17-13-5-3-2-4-12(13)10-16/h2-5,20H,6-9,11H2,1H3,(H,17,19). The van der Waals surface area contributed by atoms with E-state index >= 15 is 0 Å². The summed E-state index contributed by atoms with van der Waals surface area (Å²) in [4.78, 5) is 14.0. The third kappa shape index (κ3) is 3.80. The van der Waals surface area contributed by atoms with Crippen molar-refractivity contribution in [1.29, 1.82) is 5.26 Å². The Morgan fingerprint density at radius 3 is 2.95 bits per heavy atom. The van der Waals surface area contributed by atoms with Crippen molar-refractivity contribution in [3.8, 4) is 6.07 Å². The largest absolute Gasteiger partial charge is 0.389 e. The SMILES string of the molecule is CC1(O)CCN(CCC(=O)Nc2ccccc2C#N)C1. The van der Waals surface area contributed by atoms with Crippen LogP contribution >= 0.6 is 0 Å². The molecule has 20 heavy (non-hydrogen) atoms. The quantitative estimate of drug-likeness (QED) is 0.868. The molecule has 0 aromatic heterocycles. The van der Waals surface area contributed by atoms with Crippen molar-refractivity contribution in [2.24, 2.45) is 0 Å². The smallest absolute Gasteiger partial charge is 0.225 e. The molecule has 1 aromatic rings. The van der Waals surface area contributed by atoms with Gasteiger partial charge < -0.3 is 10.4 Å². The molecule has 1 aliphatic rings. The molecule has 0 saturated carbocycles. The summed E-state index contributed by atoms with van der Waals surface area (Å²) < 4.78 is 0. The maximum atomic E-state index is 11.9. The molecule has 1 amide bonds. The minimum atomic E-state index is -0.635. The number of para-hydroxylation sites is 1. The number of nitriles is 1. The highest BCUT2D eigenvalue weighted by atomic mass is 16.3. The second-order valence-electron chi connectivity index (χ2n) is 5.48. The van der Waals surface area contributed by atoms with Gasteiger partial charge in [-0.15, -0.1) is 0 Å². The van der Waals surface area contributed by atoms with Crippen LogP contribution in [0.5, 0.6) is 0 Å². The Balaban J connectivity index is 1.83. The average molecular weight is 273 g/mol. The van der Waals surface area contributed by atoms with E-state index in [1.54, 1.807) is 24.3 Å². The molecule has 1 fully saturated rings. The zero-order valence-corrected chi connectivity index (χ0v) is 11.6. The molecule has 0 bridgehead atoms. The van der Waals surface area contributed by atoms with Crippen molar-refractivity contribution in [3.05, 3.63) is 29.8 Å². The van der Waals surface area contributed by atoms with Crippen LogP contribution in [0.2, 0.25) is 0 Å². The molecule has 5 heteroatoms. The van der Waals surface area contributed by atoms with Gasteiger partial charge in [0.1, 0.15) is 6.07 Å². The fourth-order valence-corrected chi connectivity index (χ4v) is 2.39. The van der Waals surface area contributed by atoms with E-state index in [0.717, 1.165) is 13.0 Å². The van der Waals surface area contributed by atoms with E-state index in [9.17, 15) is 9.90 Å². The van der Waals surface area contributed by atoms with Crippen LogP contribution in [-0.4, -0.2) is 41.1 Å². The molecule has 1 aliphatic heterocycles. The number of anilines is 1. The van der Waals surface area contributed by atoms with Crippen molar-refractivity contribution >= 4 is 11.6 Å². The Morgan fingerprint density at radius 2 is 2.30 bits per heavy atom. The van der Waals surface area contributed by atoms with Crippen LogP contribution in [0.1, 0.15) is 25.3 Å². The first-order chi connectivity index (χ1) is 9.50. The molecule has 5 nitrogen and oxygen atoms in total. The van der Waals surface area contributed by atoms with Crippen LogP contribution in [0.15, 0.2) is 24.3 Å². The maximum Gasteiger partial charge on any atom is 0.225 e. The predicted octanol–water partition coefficient (Wildman–Crippen LogP) is 1.34. The predicted molar refractivity (Wildman–Crippen MR) is 76.1 cm³/mol. The Morgan fingerprint density at radius 1 is 1.55 bits per heavy atom. The number of hydrogen-bond acceptors (Lipinski definition) is 4. The van der Waals surface area contributed by atoms with Crippen molar-refractivity contribution < 1.29 is 9.90 Å². The van der Waals surface area contributed by atoms with Crippen LogP contribution in [0, 0.1) is 11.3 Å². The molecule has 1 heterocycles.